The molecule has 0 radical (unpaired) electrons. The van der Waals surface area contributed by atoms with Crippen molar-refractivity contribution in [2.75, 3.05) is 48.5 Å². The number of nitrogens with zero attached hydrogens (tertiary/aromatic N) is 4. The minimum Gasteiger partial charge on any atom is -0.363 e. The molecule has 9 heteroatoms. The van der Waals surface area contributed by atoms with Crippen molar-refractivity contribution >= 4 is 37.9 Å². The second-order valence-electron chi connectivity index (χ2n) is 9.20. The van der Waals surface area contributed by atoms with Crippen LogP contribution in [-0.4, -0.2) is 57.5 Å². The average molecular weight is 495 g/mol. The van der Waals surface area contributed by atoms with Gasteiger partial charge in [-0.05, 0) is 43.0 Å². The monoisotopic (exact) mass is 494 g/mol. The van der Waals surface area contributed by atoms with Gasteiger partial charge in [0.25, 0.3) is 15.7 Å². The molecule has 0 bridgehead atoms. The molecule has 0 amide bonds. The third-order valence-electron chi connectivity index (χ3n) is 7.06. The maximum Gasteiger partial charge on any atom is 0.292 e. The van der Waals surface area contributed by atoms with Crippen LogP contribution >= 0.6 is 0 Å². The summed E-state index contributed by atoms with van der Waals surface area (Å²) in [6.07, 6.45) is 3.92. The number of nitro groups is 1. The van der Waals surface area contributed by atoms with Crippen molar-refractivity contribution in [1.82, 2.24) is 4.90 Å². The molecule has 0 N–H and O–H groups in total. The van der Waals surface area contributed by atoms with E-state index in [1.54, 1.807) is 22.5 Å². The normalized spacial score (nSPS) is 17.3. The molecule has 0 spiro atoms. The van der Waals surface area contributed by atoms with Crippen molar-refractivity contribution in [2.24, 2.45) is 0 Å². The first kappa shape index (κ1) is 23.6. The number of rotatable bonds is 9. The summed E-state index contributed by atoms with van der Waals surface area (Å²) in [5.74, 6) is 0. The van der Waals surface area contributed by atoms with Crippen molar-refractivity contribution in [3.63, 3.8) is 0 Å². The number of anilines is 2. The molecular formula is C26H30N4O4S. The maximum atomic E-state index is 13.1. The largest absolute Gasteiger partial charge is 0.363 e. The molecule has 184 valence electrons. The number of unbranched alkanes of at least 4 members (excludes halogenated alkanes) is 3. The number of para-hydroxylation sites is 2. The number of nitro benzene ring substituents is 1. The Hall–Kier alpha value is -3.17. The first-order valence-electron chi connectivity index (χ1n) is 12.2. The van der Waals surface area contributed by atoms with Crippen molar-refractivity contribution in [3.05, 3.63) is 70.8 Å². The van der Waals surface area contributed by atoms with E-state index < -0.39 is 10.0 Å². The van der Waals surface area contributed by atoms with Crippen LogP contribution in [0.4, 0.5) is 17.1 Å². The van der Waals surface area contributed by atoms with Crippen LogP contribution in [0.25, 0.3) is 10.8 Å². The summed E-state index contributed by atoms with van der Waals surface area (Å²) >= 11 is 0. The van der Waals surface area contributed by atoms with E-state index >= 15 is 0 Å². The zero-order valence-electron chi connectivity index (χ0n) is 19.7. The molecule has 0 aromatic heterocycles. The molecule has 8 nitrogen and oxygen atoms in total. The van der Waals surface area contributed by atoms with E-state index in [1.165, 1.54) is 0 Å². The topological polar surface area (TPSA) is 87.0 Å². The summed E-state index contributed by atoms with van der Waals surface area (Å²) in [6.45, 7) is 4.84. The van der Waals surface area contributed by atoms with Crippen LogP contribution in [0, 0.1) is 10.1 Å². The van der Waals surface area contributed by atoms with Crippen LogP contribution in [0.2, 0.25) is 0 Å². The van der Waals surface area contributed by atoms with Crippen molar-refractivity contribution in [1.29, 1.82) is 0 Å². The van der Waals surface area contributed by atoms with Gasteiger partial charge in [0, 0.05) is 44.2 Å². The summed E-state index contributed by atoms with van der Waals surface area (Å²) < 4.78 is 27.7. The summed E-state index contributed by atoms with van der Waals surface area (Å²) in [7, 11) is -3.47. The van der Waals surface area contributed by atoms with Gasteiger partial charge in [0.1, 0.15) is 5.69 Å². The number of hydrogen-bond donors (Lipinski definition) is 0. The van der Waals surface area contributed by atoms with Crippen LogP contribution < -0.4 is 9.21 Å². The SMILES string of the molecule is O=[N+]([O-])c1ccccc1N1CCN(CCCCCCN2c3cccc4cccc(c34)S2(=O)=O)CC1. The van der Waals surface area contributed by atoms with Gasteiger partial charge in [-0.2, -0.15) is 0 Å². The predicted octanol–water partition coefficient (Wildman–Crippen LogP) is 4.64. The number of benzene rings is 3. The second kappa shape index (κ2) is 9.83. The van der Waals surface area contributed by atoms with E-state index in [0.29, 0.717) is 17.1 Å². The first-order valence-corrected chi connectivity index (χ1v) is 13.7. The van der Waals surface area contributed by atoms with Gasteiger partial charge < -0.3 is 4.90 Å². The van der Waals surface area contributed by atoms with Gasteiger partial charge in [-0.1, -0.05) is 49.2 Å². The van der Waals surface area contributed by atoms with E-state index in [0.717, 1.165) is 74.9 Å². The molecule has 2 heterocycles. The van der Waals surface area contributed by atoms with E-state index in [9.17, 15) is 18.5 Å². The standard InChI is InChI=1S/C26H30N4O4S/c31-30(32)23-12-4-3-11-22(23)28-19-17-27(18-20-28)15-5-1-2-6-16-29-24-13-7-9-21-10-8-14-25(26(21)24)35(29,33)34/h3-4,7-14H,1-2,5-6,15-20H2. The molecule has 35 heavy (non-hydrogen) atoms. The highest BCUT2D eigenvalue weighted by Crippen LogP contribution is 2.42. The number of hydrogen-bond acceptors (Lipinski definition) is 6. The van der Waals surface area contributed by atoms with Crippen molar-refractivity contribution in [3.8, 4) is 0 Å². The molecule has 1 fully saturated rings. The van der Waals surface area contributed by atoms with E-state index in [2.05, 4.69) is 9.80 Å². The van der Waals surface area contributed by atoms with E-state index in [1.807, 2.05) is 42.5 Å². The Morgan fingerprint density at radius 2 is 1.43 bits per heavy atom. The highest BCUT2D eigenvalue weighted by atomic mass is 32.2. The molecule has 0 saturated carbocycles. The molecule has 5 rings (SSSR count). The summed E-state index contributed by atoms with van der Waals surface area (Å²) in [6, 6.07) is 18.2. The lowest BCUT2D eigenvalue weighted by Crippen LogP contribution is -2.46. The molecular weight excluding hydrogens is 464 g/mol. The lowest BCUT2D eigenvalue weighted by atomic mass is 10.1. The van der Waals surface area contributed by atoms with Gasteiger partial charge in [-0.25, -0.2) is 8.42 Å². The van der Waals surface area contributed by atoms with Gasteiger partial charge in [0.2, 0.25) is 0 Å². The number of piperazine rings is 1. The van der Waals surface area contributed by atoms with Crippen LogP contribution in [-0.2, 0) is 10.0 Å². The Morgan fingerprint density at radius 1 is 0.771 bits per heavy atom. The zero-order chi connectivity index (χ0) is 24.4. The smallest absolute Gasteiger partial charge is 0.292 e. The Bertz CT molecular complexity index is 1330. The first-order chi connectivity index (χ1) is 17.0. The fraction of sp³-hybridized carbons (Fsp3) is 0.385. The Morgan fingerprint density at radius 3 is 2.17 bits per heavy atom. The second-order valence-corrected chi connectivity index (χ2v) is 11.0. The quantitative estimate of drug-likeness (QED) is 0.245. The predicted molar refractivity (Wildman–Crippen MR) is 139 cm³/mol. The Kier molecular flexibility index (Phi) is 6.62. The summed E-state index contributed by atoms with van der Waals surface area (Å²) in [5.41, 5.74) is 1.67. The van der Waals surface area contributed by atoms with E-state index in [4.69, 9.17) is 0 Å². The van der Waals surface area contributed by atoms with Gasteiger partial charge in [0.15, 0.2) is 0 Å². The van der Waals surface area contributed by atoms with Crippen LogP contribution in [0.3, 0.4) is 0 Å². The van der Waals surface area contributed by atoms with Crippen molar-refractivity contribution in [2.45, 2.75) is 30.6 Å². The third-order valence-corrected chi connectivity index (χ3v) is 8.91. The molecule has 0 aliphatic carbocycles. The Balaban J connectivity index is 1.06. The average Bonchev–Trinajstić information content (AvgIpc) is 3.09. The fourth-order valence-corrected chi connectivity index (χ4v) is 6.99. The molecule has 0 unspecified atom stereocenters. The lowest BCUT2D eigenvalue weighted by molar-refractivity contribution is -0.384. The molecule has 1 saturated heterocycles. The third kappa shape index (κ3) is 4.58. The fourth-order valence-electron chi connectivity index (χ4n) is 5.24. The van der Waals surface area contributed by atoms with Crippen molar-refractivity contribution < 1.29 is 13.3 Å². The van der Waals surface area contributed by atoms with Crippen LogP contribution in [0.1, 0.15) is 25.7 Å². The van der Waals surface area contributed by atoms with Gasteiger partial charge in [-0.15, -0.1) is 0 Å². The summed E-state index contributed by atoms with van der Waals surface area (Å²) in [4.78, 5) is 15.9. The van der Waals surface area contributed by atoms with Crippen LogP contribution in [0.15, 0.2) is 65.6 Å². The minimum atomic E-state index is -3.47. The van der Waals surface area contributed by atoms with E-state index in [-0.39, 0.29) is 10.6 Å². The highest BCUT2D eigenvalue weighted by Gasteiger charge is 2.34. The molecule has 2 aliphatic rings. The lowest BCUT2D eigenvalue weighted by Gasteiger charge is -2.35. The van der Waals surface area contributed by atoms with Gasteiger partial charge in [0.05, 0.1) is 15.5 Å². The van der Waals surface area contributed by atoms with Crippen LogP contribution in [0.5, 0.6) is 0 Å². The Labute approximate surface area is 206 Å². The van der Waals surface area contributed by atoms with Gasteiger partial charge in [-0.3, -0.25) is 19.3 Å². The van der Waals surface area contributed by atoms with Gasteiger partial charge >= 0.3 is 0 Å². The highest BCUT2D eigenvalue weighted by molar-refractivity contribution is 7.93. The molecule has 2 aliphatic heterocycles. The molecule has 0 atom stereocenters. The minimum absolute atomic E-state index is 0.167. The zero-order valence-corrected chi connectivity index (χ0v) is 20.5. The summed E-state index contributed by atoms with van der Waals surface area (Å²) in [5, 5.41) is 13.1. The molecule has 3 aromatic carbocycles. The number of sulfonamides is 1. The molecule has 3 aromatic rings. The maximum absolute atomic E-state index is 13.1.